The molecule has 0 fully saturated rings. The Hall–Kier alpha value is -1.85. The molecular formula is C17H24N4O4S3. The van der Waals surface area contributed by atoms with E-state index in [1.807, 2.05) is 20.8 Å². The number of aromatic nitrogens is 2. The highest BCUT2D eigenvalue weighted by Gasteiger charge is 2.29. The van der Waals surface area contributed by atoms with Gasteiger partial charge in [0.2, 0.25) is 21.1 Å². The maximum atomic E-state index is 12.7. The van der Waals surface area contributed by atoms with Crippen LogP contribution in [-0.2, 0) is 14.8 Å². The molecule has 2 rings (SSSR count). The third-order valence-electron chi connectivity index (χ3n) is 3.46. The van der Waals surface area contributed by atoms with E-state index in [9.17, 15) is 13.2 Å². The number of hydrogen-bond donors (Lipinski definition) is 1. The van der Waals surface area contributed by atoms with Gasteiger partial charge in [0, 0.05) is 5.25 Å². The van der Waals surface area contributed by atoms with Crippen LogP contribution in [0, 0.1) is 0 Å². The van der Waals surface area contributed by atoms with Gasteiger partial charge in [0.1, 0.15) is 11.8 Å². The van der Waals surface area contributed by atoms with Gasteiger partial charge in [-0.1, -0.05) is 36.9 Å². The molecule has 0 saturated carbocycles. The van der Waals surface area contributed by atoms with Gasteiger partial charge in [-0.15, -0.1) is 10.2 Å². The molecule has 0 spiro atoms. The van der Waals surface area contributed by atoms with E-state index >= 15 is 0 Å². The number of sulfonamides is 1. The molecule has 1 unspecified atom stereocenters. The Kier molecular flexibility index (Phi) is 7.67. The number of nitrogens with one attached hydrogen (secondary N) is 1. The van der Waals surface area contributed by atoms with Crippen molar-refractivity contribution in [3.63, 3.8) is 0 Å². The van der Waals surface area contributed by atoms with Crippen LogP contribution in [0.25, 0.3) is 0 Å². The summed E-state index contributed by atoms with van der Waals surface area (Å²) in [5.74, 6) is 0.136. The predicted octanol–water partition coefficient (Wildman–Crippen LogP) is 3.23. The molecule has 0 aliphatic carbocycles. The van der Waals surface area contributed by atoms with Crippen molar-refractivity contribution in [3.05, 3.63) is 24.3 Å². The summed E-state index contributed by atoms with van der Waals surface area (Å²) >= 11 is 2.80. The molecule has 154 valence electrons. The van der Waals surface area contributed by atoms with Crippen molar-refractivity contribution in [2.75, 3.05) is 22.5 Å². The number of ether oxygens (including phenoxy) is 1. The molecule has 11 heteroatoms. The lowest BCUT2D eigenvalue weighted by atomic mass is 10.2. The average Bonchev–Trinajstić information content (AvgIpc) is 3.01. The molecule has 28 heavy (non-hydrogen) atoms. The number of nitrogens with zero attached hydrogens (tertiary/aromatic N) is 3. The second-order valence-corrected chi connectivity index (χ2v) is 10.9. The first-order chi connectivity index (χ1) is 13.1. The third-order valence-corrected chi connectivity index (χ3v) is 6.63. The van der Waals surface area contributed by atoms with Crippen LogP contribution in [0.3, 0.4) is 0 Å². The SMILES string of the molecule is CCOc1ccc(N(C(C)C(=O)Nc2nnc(SC(C)C)s2)S(C)(=O)=O)cc1. The van der Waals surface area contributed by atoms with Crippen molar-refractivity contribution in [1.82, 2.24) is 10.2 Å². The zero-order chi connectivity index (χ0) is 20.9. The average molecular weight is 445 g/mol. The summed E-state index contributed by atoms with van der Waals surface area (Å²) in [6, 6.07) is 5.58. The minimum Gasteiger partial charge on any atom is -0.494 e. The van der Waals surface area contributed by atoms with Gasteiger partial charge < -0.3 is 4.74 Å². The first-order valence-corrected chi connectivity index (χ1v) is 12.2. The highest BCUT2D eigenvalue weighted by atomic mass is 32.2. The van der Waals surface area contributed by atoms with Crippen molar-refractivity contribution in [3.8, 4) is 5.75 Å². The van der Waals surface area contributed by atoms with Gasteiger partial charge in [0.25, 0.3) is 0 Å². The topological polar surface area (TPSA) is 101 Å². The Bertz CT molecular complexity index is 897. The highest BCUT2D eigenvalue weighted by molar-refractivity contribution is 8.01. The molecule has 0 bridgehead atoms. The molecule has 1 aromatic heterocycles. The molecule has 1 N–H and O–H groups in total. The fourth-order valence-corrected chi connectivity index (χ4v) is 5.54. The zero-order valence-corrected chi connectivity index (χ0v) is 18.8. The lowest BCUT2D eigenvalue weighted by molar-refractivity contribution is -0.116. The summed E-state index contributed by atoms with van der Waals surface area (Å²) in [7, 11) is -3.70. The van der Waals surface area contributed by atoms with E-state index < -0.39 is 22.0 Å². The van der Waals surface area contributed by atoms with E-state index in [-0.39, 0.29) is 0 Å². The lowest BCUT2D eigenvalue weighted by Crippen LogP contribution is -2.45. The fraction of sp³-hybridized carbons (Fsp3) is 0.471. The quantitative estimate of drug-likeness (QED) is 0.468. The van der Waals surface area contributed by atoms with E-state index in [0.29, 0.717) is 28.4 Å². The van der Waals surface area contributed by atoms with Crippen LogP contribution < -0.4 is 14.4 Å². The van der Waals surface area contributed by atoms with Crippen LogP contribution in [0.2, 0.25) is 0 Å². The standard InChI is InChI=1S/C17H24N4O4S3/c1-6-25-14-9-7-13(8-10-14)21(28(5,23)24)12(4)15(22)18-16-19-20-17(27-16)26-11(2)3/h7-12H,6H2,1-5H3,(H,18,19,22). The molecule has 2 aromatic rings. The van der Waals surface area contributed by atoms with Gasteiger partial charge in [0.15, 0.2) is 4.34 Å². The Morgan fingerprint density at radius 2 is 1.89 bits per heavy atom. The van der Waals surface area contributed by atoms with Crippen molar-refractivity contribution in [2.45, 2.75) is 43.3 Å². The van der Waals surface area contributed by atoms with Crippen molar-refractivity contribution < 1.29 is 17.9 Å². The lowest BCUT2D eigenvalue weighted by Gasteiger charge is -2.28. The molecular weight excluding hydrogens is 420 g/mol. The number of amides is 1. The minimum atomic E-state index is -3.70. The van der Waals surface area contributed by atoms with Gasteiger partial charge in [0.05, 0.1) is 18.6 Å². The summed E-state index contributed by atoms with van der Waals surface area (Å²) in [4.78, 5) is 12.7. The number of carbonyl (C=O) groups excluding carboxylic acids is 1. The number of carbonyl (C=O) groups is 1. The van der Waals surface area contributed by atoms with Gasteiger partial charge >= 0.3 is 0 Å². The first kappa shape index (κ1) is 22.4. The number of hydrogen-bond acceptors (Lipinski definition) is 8. The van der Waals surface area contributed by atoms with Crippen LogP contribution in [0.1, 0.15) is 27.7 Å². The van der Waals surface area contributed by atoms with Crippen LogP contribution in [0.15, 0.2) is 28.6 Å². The van der Waals surface area contributed by atoms with Gasteiger partial charge in [-0.25, -0.2) is 8.42 Å². The summed E-state index contributed by atoms with van der Waals surface area (Å²) in [5.41, 5.74) is 0.377. The molecule has 0 radical (unpaired) electrons. The molecule has 0 saturated heterocycles. The second-order valence-electron chi connectivity index (χ2n) is 6.19. The van der Waals surface area contributed by atoms with Gasteiger partial charge in [-0.2, -0.15) is 0 Å². The maximum Gasteiger partial charge on any atom is 0.249 e. The summed E-state index contributed by atoms with van der Waals surface area (Å²) in [5, 5.41) is 11.3. The molecule has 8 nitrogen and oxygen atoms in total. The van der Waals surface area contributed by atoms with Crippen LogP contribution in [0.5, 0.6) is 5.75 Å². The summed E-state index contributed by atoms with van der Waals surface area (Å²) in [6.45, 7) is 7.96. The van der Waals surface area contributed by atoms with Crippen LogP contribution >= 0.6 is 23.1 Å². The molecule has 0 aliphatic rings. The minimum absolute atomic E-state index is 0.333. The van der Waals surface area contributed by atoms with Crippen molar-refractivity contribution in [2.24, 2.45) is 0 Å². The molecule has 1 amide bonds. The van der Waals surface area contributed by atoms with Crippen molar-refractivity contribution in [1.29, 1.82) is 0 Å². The van der Waals surface area contributed by atoms with Gasteiger partial charge in [-0.05, 0) is 38.1 Å². The van der Waals surface area contributed by atoms with Crippen molar-refractivity contribution >= 4 is 49.8 Å². The van der Waals surface area contributed by atoms with E-state index in [1.165, 1.54) is 18.3 Å². The second kappa shape index (κ2) is 9.57. The predicted molar refractivity (Wildman–Crippen MR) is 114 cm³/mol. The normalized spacial score (nSPS) is 12.6. The molecule has 1 atom stereocenters. The van der Waals surface area contributed by atoms with Crippen LogP contribution in [-0.4, -0.2) is 48.7 Å². The Labute approximate surface area is 173 Å². The third kappa shape index (κ3) is 6.08. The van der Waals surface area contributed by atoms with Gasteiger partial charge in [-0.3, -0.25) is 14.4 Å². The zero-order valence-electron chi connectivity index (χ0n) is 16.4. The fourth-order valence-electron chi connectivity index (χ4n) is 2.38. The number of rotatable bonds is 9. The van der Waals surface area contributed by atoms with E-state index in [1.54, 1.807) is 36.0 Å². The maximum absolute atomic E-state index is 12.7. The first-order valence-electron chi connectivity index (χ1n) is 8.65. The number of thioether (sulfide) groups is 1. The highest BCUT2D eigenvalue weighted by Crippen LogP contribution is 2.29. The Balaban J connectivity index is 2.19. The van der Waals surface area contributed by atoms with E-state index in [0.717, 1.165) is 14.9 Å². The Morgan fingerprint density at radius 1 is 1.25 bits per heavy atom. The smallest absolute Gasteiger partial charge is 0.249 e. The number of benzene rings is 1. The number of anilines is 2. The largest absolute Gasteiger partial charge is 0.494 e. The summed E-state index contributed by atoms with van der Waals surface area (Å²) < 4.78 is 31.9. The molecule has 1 heterocycles. The monoisotopic (exact) mass is 444 g/mol. The molecule has 1 aromatic carbocycles. The molecule has 0 aliphatic heterocycles. The van der Waals surface area contributed by atoms with E-state index in [2.05, 4.69) is 15.5 Å². The summed E-state index contributed by atoms with van der Waals surface area (Å²) in [6.07, 6.45) is 1.07. The van der Waals surface area contributed by atoms with Crippen LogP contribution in [0.4, 0.5) is 10.8 Å². The Morgan fingerprint density at radius 3 is 2.43 bits per heavy atom. The van der Waals surface area contributed by atoms with E-state index in [4.69, 9.17) is 4.74 Å².